The Labute approximate surface area is 137 Å². The molecule has 0 bridgehead atoms. The first-order valence-electron chi connectivity index (χ1n) is 8.74. The van der Waals surface area contributed by atoms with Crippen LogP contribution in [0.5, 0.6) is 0 Å². The molecular formula is C21H23FN+. The second-order valence-corrected chi connectivity index (χ2v) is 6.77. The van der Waals surface area contributed by atoms with Crippen LogP contribution in [0, 0.1) is 5.82 Å². The highest BCUT2D eigenvalue weighted by Gasteiger charge is 2.33. The molecule has 0 aromatic heterocycles. The van der Waals surface area contributed by atoms with E-state index in [0.717, 1.165) is 19.3 Å². The topological polar surface area (TPSA) is 3.01 Å². The third-order valence-electron chi connectivity index (χ3n) is 5.33. The van der Waals surface area contributed by atoms with Crippen molar-refractivity contribution in [3.8, 4) is 0 Å². The summed E-state index contributed by atoms with van der Waals surface area (Å²) in [4.78, 5) is 0. The van der Waals surface area contributed by atoms with Gasteiger partial charge in [0.15, 0.2) is 5.71 Å². The van der Waals surface area contributed by atoms with Crippen molar-refractivity contribution in [2.45, 2.75) is 38.0 Å². The molecule has 23 heavy (non-hydrogen) atoms. The second kappa shape index (κ2) is 6.27. The van der Waals surface area contributed by atoms with Crippen LogP contribution in [0.1, 0.15) is 41.9 Å². The summed E-state index contributed by atoms with van der Waals surface area (Å²) in [5.74, 6) is 0.298. The summed E-state index contributed by atoms with van der Waals surface area (Å²) in [6.07, 6.45) is 5.68. The molecule has 0 saturated carbocycles. The van der Waals surface area contributed by atoms with Crippen molar-refractivity contribution in [3.05, 3.63) is 71.0 Å². The Morgan fingerprint density at radius 1 is 0.957 bits per heavy atom. The van der Waals surface area contributed by atoms with Crippen molar-refractivity contribution in [1.82, 2.24) is 0 Å². The molecule has 1 aliphatic heterocycles. The van der Waals surface area contributed by atoms with Gasteiger partial charge in [-0.2, -0.15) is 0 Å². The summed E-state index contributed by atoms with van der Waals surface area (Å²) in [5.41, 5.74) is 5.48. The molecule has 0 radical (unpaired) electrons. The first kappa shape index (κ1) is 14.6. The van der Waals surface area contributed by atoms with Crippen molar-refractivity contribution in [2.75, 3.05) is 13.1 Å². The Morgan fingerprint density at radius 2 is 1.74 bits per heavy atom. The van der Waals surface area contributed by atoms with Crippen LogP contribution in [0.3, 0.4) is 0 Å². The second-order valence-electron chi connectivity index (χ2n) is 6.77. The summed E-state index contributed by atoms with van der Waals surface area (Å²) < 4.78 is 16.2. The molecule has 2 aromatic rings. The van der Waals surface area contributed by atoms with Crippen LogP contribution >= 0.6 is 0 Å². The highest BCUT2D eigenvalue weighted by atomic mass is 19.1. The van der Waals surface area contributed by atoms with Crippen LogP contribution < -0.4 is 0 Å². The molecule has 2 aromatic carbocycles. The quantitative estimate of drug-likeness (QED) is 0.726. The minimum atomic E-state index is -0.105. The predicted molar refractivity (Wildman–Crippen MR) is 91.8 cm³/mol. The van der Waals surface area contributed by atoms with Crippen molar-refractivity contribution in [3.63, 3.8) is 0 Å². The maximum atomic E-state index is 13.6. The van der Waals surface area contributed by atoms with Gasteiger partial charge in [-0.05, 0) is 41.7 Å². The molecule has 1 unspecified atom stereocenters. The van der Waals surface area contributed by atoms with E-state index in [1.54, 1.807) is 17.8 Å². The lowest BCUT2D eigenvalue weighted by atomic mass is 9.78. The molecule has 1 nitrogen and oxygen atoms in total. The van der Waals surface area contributed by atoms with Crippen molar-refractivity contribution in [2.24, 2.45) is 0 Å². The number of fused-ring (bicyclic) bond motifs is 1. The zero-order valence-corrected chi connectivity index (χ0v) is 13.5. The van der Waals surface area contributed by atoms with Gasteiger partial charge >= 0.3 is 0 Å². The van der Waals surface area contributed by atoms with Gasteiger partial charge in [-0.15, -0.1) is 0 Å². The number of benzene rings is 2. The maximum absolute atomic E-state index is 13.6. The SMILES string of the molecule is Fc1ccc2c(c1)CCC(=[N+]1CCCC1)C2Cc1ccccc1. The number of hydrogen-bond acceptors (Lipinski definition) is 0. The van der Waals surface area contributed by atoms with Crippen LogP contribution in [0.2, 0.25) is 0 Å². The lowest BCUT2D eigenvalue weighted by molar-refractivity contribution is -0.509. The largest absolute Gasteiger partial charge is 0.236 e. The lowest BCUT2D eigenvalue weighted by Crippen LogP contribution is -2.31. The normalized spacial score (nSPS) is 20.7. The van der Waals surface area contributed by atoms with E-state index >= 15 is 0 Å². The number of aryl methyl sites for hydroxylation is 1. The fourth-order valence-corrected chi connectivity index (χ4v) is 4.21. The minimum Gasteiger partial charge on any atom is -0.236 e. The van der Waals surface area contributed by atoms with Crippen LogP contribution in [0.25, 0.3) is 0 Å². The molecule has 0 N–H and O–H groups in total. The summed E-state index contributed by atoms with van der Waals surface area (Å²) in [6, 6.07) is 16.1. The van der Waals surface area contributed by atoms with Gasteiger partial charge in [0.05, 0.1) is 5.92 Å². The van der Waals surface area contributed by atoms with Crippen LogP contribution in [-0.2, 0) is 12.8 Å². The summed E-state index contributed by atoms with van der Waals surface area (Å²) in [5, 5.41) is 0. The standard InChI is InChI=1S/C21H23FN/c22-18-9-10-19-17(15-18)8-11-21(23-12-4-5-13-23)20(19)14-16-6-2-1-3-7-16/h1-3,6-7,9-10,15,20H,4-5,8,11-14H2/q+1. The van der Waals surface area contributed by atoms with Crippen LogP contribution in [0.15, 0.2) is 48.5 Å². The number of hydrogen-bond donors (Lipinski definition) is 0. The number of rotatable bonds is 2. The third kappa shape index (κ3) is 2.95. The Balaban J connectivity index is 1.76. The van der Waals surface area contributed by atoms with Crippen LogP contribution in [-0.4, -0.2) is 23.4 Å². The first-order chi connectivity index (χ1) is 11.3. The van der Waals surface area contributed by atoms with Gasteiger partial charge in [0, 0.05) is 19.3 Å². The van der Waals surface area contributed by atoms with Gasteiger partial charge in [0.1, 0.15) is 18.9 Å². The average molecular weight is 308 g/mol. The monoisotopic (exact) mass is 308 g/mol. The molecule has 4 rings (SSSR count). The highest BCUT2D eigenvalue weighted by molar-refractivity contribution is 5.89. The van der Waals surface area contributed by atoms with E-state index in [0.29, 0.717) is 5.92 Å². The molecule has 1 heterocycles. The van der Waals surface area contributed by atoms with E-state index in [-0.39, 0.29) is 5.82 Å². The molecule has 118 valence electrons. The maximum Gasteiger partial charge on any atom is 0.160 e. The summed E-state index contributed by atoms with van der Waals surface area (Å²) in [7, 11) is 0. The molecule has 1 aliphatic carbocycles. The zero-order chi connectivity index (χ0) is 15.6. The Bertz CT molecular complexity index is 725. The fourth-order valence-electron chi connectivity index (χ4n) is 4.21. The molecule has 2 heteroatoms. The summed E-state index contributed by atoms with van der Waals surface area (Å²) in [6.45, 7) is 2.38. The molecule has 1 saturated heterocycles. The summed E-state index contributed by atoms with van der Waals surface area (Å²) >= 11 is 0. The number of nitrogens with zero attached hydrogens (tertiary/aromatic N) is 1. The van der Waals surface area contributed by atoms with E-state index in [2.05, 4.69) is 34.9 Å². The first-order valence-corrected chi connectivity index (χ1v) is 8.74. The fraction of sp³-hybridized carbons (Fsp3) is 0.381. The van der Waals surface area contributed by atoms with Gasteiger partial charge < -0.3 is 0 Å². The van der Waals surface area contributed by atoms with E-state index in [1.807, 2.05) is 6.07 Å². The Hall–Kier alpha value is -1.96. The van der Waals surface area contributed by atoms with E-state index in [9.17, 15) is 4.39 Å². The molecular weight excluding hydrogens is 285 g/mol. The van der Waals surface area contributed by atoms with Gasteiger partial charge in [0.2, 0.25) is 0 Å². The van der Waals surface area contributed by atoms with E-state index in [4.69, 9.17) is 0 Å². The van der Waals surface area contributed by atoms with Crippen LogP contribution in [0.4, 0.5) is 4.39 Å². The smallest absolute Gasteiger partial charge is 0.160 e. The highest BCUT2D eigenvalue weighted by Crippen LogP contribution is 2.33. The third-order valence-corrected chi connectivity index (χ3v) is 5.33. The van der Waals surface area contributed by atoms with Crippen molar-refractivity contribution in [1.29, 1.82) is 0 Å². The van der Waals surface area contributed by atoms with E-state index < -0.39 is 0 Å². The van der Waals surface area contributed by atoms with Gasteiger partial charge in [-0.25, -0.2) is 8.97 Å². The molecule has 0 spiro atoms. The van der Waals surface area contributed by atoms with Gasteiger partial charge in [0.25, 0.3) is 0 Å². The van der Waals surface area contributed by atoms with Gasteiger partial charge in [-0.1, -0.05) is 36.4 Å². The Kier molecular flexibility index (Phi) is 3.99. The van der Waals surface area contributed by atoms with Crippen molar-refractivity contribution >= 4 is 5.71 Å². The Morgan fingerprint density at radius 3 is 2.52 bits per heavy atom. The molecule has 1 atom stereocenters. The van der Waals surface area contributed by atoms with E-state index in [1.165, 1.54) is 42.6 Å². The average Bonchev–Trinajstić information content (AvgIpc) is 3.10. The minimum absolute atomic E-state index is 0.105. The van der Waals surface area contributed by atoms with Crippen molar-refractivity contribution < 1.29 is 8.97 Å². The lowest BCUT2D eigenvalue weighted by Gasteiger charge is -2.26. The molecule has 2 aliphatic rings. The van der Waals surface area contributed by atoms with Gasteiger partial charge in [-0.3, -0.25) is 0 Å². The predicted octanol–water partition coefficient (Wildman–Crippen LogP) is 4.35. The molecule has 0 amide bonds. The molecule has 1 fully saturated rings. The number of halogens is 1. The zero-order valence-electron chi connectivity index (χ0n) is 13.5.